The maximum Gasteiger partial charge on any atom is 0.0963 e. The largest absolute Gasteiger partial charge is 0.512 e. The molecule has 12 heavy (non-hydrogen) atoms. The lowest BCUT2D eigenvalue weighted by Crippen LogP contribution is -1.95. The first-order valence-electron chi connectivity index (χ1n) is 4.64. The van der Waals surface area contributed by atoms with Crippen LogP contribution in [0.25, 0.3) is 0 Å². The van der Waals surface area contributed by atoms with E-state index in [0.29, 0.717) is 12.2 Å². The van der Waals surface area contributed by atoms with Crippen molar-refractivity contribution in [2.75, 3.05) is 0 Å². The molecule has 64 valence electrons. The minimum absolute atomic E-state index is 0.512. The van der Waals surface area contributed by atoms with Crippen molar-refractivity contribution in [2.24, 2.45) is 0 Å². The molecular formula is C11H14O. The zero-order chi connectivity index (χ0) is 8.39. The number of rotatable bonds is 0. The van der Waals surface area contributed by atoms with Gasteiger partial charge in [0.1, 0.15) is 0 Å². The van der Waals surface area contributed by atoms with Crippen LogP contribution in [0.3, 0.4) is 0 Å². The Kier molecular flexibility index (Phi) is 2.03. The van der Waals surface area contributed by atoms with Gasteiger partial charge in [-0.2, -0.15) is 0 Å². The van der Waals surface area contributed by atoms with Crippen LogP contribution < -0.4 is 0 Å². The van der Waals surface area contributed by atoms with E-state index in [0.717, 1.165) is 6.42 Å². The molecule has 0 bridgehead atoms. The lowest BCUT2D eigenvalue weighted by atomic mass is 9.92. The molecule has 0 spiro atoms. The fraction of sp³-hybridized carbons (Fsp3) is 0.455. The maximum absolute atomic E-state index is 9.40. The SMILES string of the molecule is OC1=CC2=C(C=CC1)CCCC2. The molecule has 0 radical (unpaired) electrons. The topological polar surface area (TPSA) is 20.2 Å². The van der Waals surface area contributed by atoms with Gasteiger partial charge >= 0.3 is 0 Å². The van der Waals surface area contributed by atoms with Gasteiger partial charge in [-0.1, -0.05) is 12.2 Å². The lowest BCUT2D eigenvalue weighted by Gasteiger charge is -2.14. The molecule has 0 heterocycles. The summed E-state index contributed by atoms with van der Waals surface area (Å²) < 4.78 is 0. The van der Waals surface area contributed by atoms with Crippen LogP contribution in [0.4, 0.5) is 0 Å². The molecule has 2 aliphatic carbocycles. The van der Waals surface area contributed by atoms with Gasteiger partial charge in [-0.05, 0) is 42.9 Å². The van der Waals surface area contributed by atoms with Gasteiger partial charge in [-0.25, -0.2) is 0 Å². The van der Waals surface area contributed by atoms with E-state index in [1.165, 1.54) is 30.4 Å². The molecule has 0 amide bonds. The summed E-state index contributed by atoms with van der Waals surface area (Å²) in [5.41, 5.74) is 2.79. The van der Waals surface area contributed by atoms with E-state index in [9.17, 15) is 5.11 Å². The molecule has 0 unspecified atom stereocenters. The Morgan fingerprint density at radius 1 is 1.08 bits per heavy atom. The van der Waals surface area contributed by atoms with E-state index in [1.54, 1.807) is 0 Å². The molecule has 2 rings (SSSR count). The minimum Gasteiger partial charge on any atom is -0.512 e. The second kappa shape index (κ2) is 3.18. The molecule has 1 heteroatoms. The first kappa shape index (κ1) is 7.66. The number of aliphatic hydroxyl groups excluding tert-OH is 1. The van der Waals surface area contributed by atoms with Crippen molar-refractivity contribution in [3.05, 3.63) is 35.1 Å². The van der Waals surface area contributed by atoms with Gasteiger partial charge < -0.3 is 5.11 Å². The summed E-state index contributed by atoms with van der Waals surface area (Å²) in [6, 6.07) is 0. The van der Waals surface area contributed by atoms with Gasteiger partial charge in [0.15, 0.2) is 0 Å². The molecular weight excluding hydrogens is 148 g/mol. The first-order chi connectivity index (χ1) is 5.86. The fourth-order valence-corrected chi connectivity index (χ4v) is 1.89. The standard InChI is InChI=1S/C11H14O/c12-11-7-3-6-9-4-1-2-5-10(9)8-11/h3,6,8,12H,1-2,4-5,7H2. The van der Waals surface area contributed by atoms with Crippen LogP contribution in [0.2, 0.25) is 0 Å². The molecule has 1 nitrogen and oxygen atoms in total. The Hall–Kier alpha value is -0.980. The Balaban J connectivity index is 2.34. The molecule has 2 aliphatic rings. The summed E-state index contributed by atoms with van der Waals surface area (Å²) >= 11 is 0. The van der Waals surface area contributed by atoms with Gasteiger partial charge in [0.25, 0.3) is 0 Å². The number of aliphatic hydroxyl groups is 1. The molecule has 0 saturated heterocycles. The summed E-state index contributed by atoms with van der Waals surface area (Å²) in [4.78, 5) is 0. The minimum atomic E-state index is 0.512. The highest BCUT2D eigenvalue weighted by atomic mass is 16.3. The van der Waals surface area contributed by atoms with E-state index in [1.807, 2.05) is 6.08 Å². The van der Waals surface area contributed by atoms with E-state index in [4.69, 9.17) is 0 Å². The van der Waals surface area contributed by atoms with Crippen LogP contribution >= 0.6 is 0 Å². The van der Waals surface area contributed by atoms with Crippen molar-refractivity contribution in [3.8, 4) is 0 Å². The Morgan fingerprint density at radius 3 is 2.67 bits per heavy atom. The fourth-order valence-electron chi connectivity index (χ4n) is 1.89. The van der Waals surface area contributed by atoms with E-state index in [-0.39, 0.29) is 0 Å². The number of hydrogen-bond donors (Lipinski definition) is 1. The summed E-state index contributed by atoms with van der Waals surface area (Å²) in [5.74, 6) is 0.512. The highest BCUT2D eigenvalue weighted by Crippen LogP contribution is 2.29. The predicted molar refractivity (Wildman–Crippen MR) is 50.0 cm³/mol. The molecule has 0 atom stereocenters. The van der Waals surface area contributed by atoms with Crippen molar-refractivity contribution in [1.29, 1.82) is 0 Å². The third kappa shape index (κ3) is 1.45. The van der Waals surface area contributed by atoms with Gasteiger partial charge in [0, 0.05) is 6.42 Å². The zero-order valence-electron chi connectivity index (χ0n) is 7.21. The summed E-state index contributed by atoms with van der Waals surface area (Å²) in [5, 5.41) is 9.40. The van der Waals surface area contributed by atoms with Crippen molar-refractivity contribution >= 4 is 0 Å². The number of hydrogen-bond acceptors (Lipinski definition) is 1. The van der Waals surface area contributed by atoms with Crippen LogP contribution in [0.1, 0.15) is 32.1 Å². The smallest absolute Gasteiger partial charge is 0.0963 e. The van der Waals surface area contributed by atoms with Crippen LogP contribution in [0.5, 0.6) is 0 Å². The third-order valence-corrected chi connectivity index (χ3v) is 2.54. The molecule has 0 fully saturated rings. The van der Waals surface area contributed by atoms with Gasteiger partial charge in [0.2, 0.25) is 0 Å². The molecule has 1 N–H and O–H groups in total. The summed E-state index contributed by atoms with van der Waals surface area (Å²) in [6.45, 7) is 0. The Bertz CT molecular complexity index is 269. The third-order valence-electron chi connectivity index (χ3n) is 2.54. The van der Waals surface area contributed by atoms with Crippen LogP contribution in [0.15, 0.2) is 35.1 Å². The van der Waals surface area contributed by atoms with E-state index in [2.05, 4.69) is 12.2 Å². The summed E-state index contributed by atoms with van der Waals surface area (Å²) in [6.07, 6.45) is 11.8. The van der Waals surface area contributed by atoms with Crippen molar-refractivity contribution in [3.63, 3.8) is 0 Å². The predicted octanol–water partition coefficient (Wildman–Crippen LogP) is 3.26. The highest BCUT2D eigenvalue weighted by Gasteiger charge is 2.11. The molecule has 0 aromatic carbocycles. The number of allylic oxidation sites excluding steroid dienone is 5. The zero-order valence-corrected chi connectivity index (χ0v) is 7.21. The van der Waals surface area contributed by atoms with Crippen LogP contribution in [-0.4, -0.2) is 5.11 Å². The normalized spacial score (nSPS) is 23.2. The maximum atomic E-state index is 9.40. The van der Waals surface area contributed by atoms with E-state index >= 15 is 0 Å². The average molecular weight is 162 g/mol. The lowest BCUT2D eigenvalue weighted by molar-refractivity contribution is 0.401. The van der Waals surface area contributed by atoms with Gasteiger partial charge in [0.05, 0.1) is 5.76 Å². The first-order valence-corrected chi connectivity index (χ1v) is 4.64. The van der Waals surface area contributed by atoms with Crippen LogP contribution in [0, 0.1) is 0 Å². The second-order valence-electron chi connectivity index (χ2n) is 3.50. The monoisotopic (exact) mass is 162 g/mol. The quantitative estimate of drug-likeness (QED) is 0.579. The average Bonchev–Trinajstić information content (AvgIpc) is 2.25. The van der Waals surface area contributed by atoms with Crippen LogP contribution in [-0.2, 0) is 0 Å². The van der Waals surface area contributed by atoms with Crippen molar-refractivity contribution < 1.29 is 5.11 Å². The van der Waals surface area contributed by atoms with E-state index < -0.39 is 0 Å². The molecule has 0 aliphatic heterocycles. The highest BCUT2D eigenvalue weighted by molar-refractivity contribution is 5.38. The van der Waals surface area contributed by atoms with Gasteiger partial charge in [-0.15, -0.1) is 0 Å². The Labute approximate surface area is 73.1 Å². The van der Waals surface area contributed by atoms with Crippen molar-refractivity contribution in [1.82, 2.24) is 0 Å². The molecule has 0 aromatic heterocycles. The van der Waals surface area contributed by atoms with Gasteiger partial charge in [-0.3, -0.25) is 0 Å². The Morgan fingerprint density at radius 2 is 1.83 bits per heavy atom. The summed E-state index contributed by atoms with van der Waals surface area (Å²) in [7, 11) is 0. The second-order valence-corrected chi connectivity index (χ2v) is 3.50. The molecule has 0 saturated carbocycles. The molecule has 0 aromatic rings. The van der Waals surface area contributed by atoms with Crippen molar-refractivity contribution in [2.45, 2.75) is 32.1 Å².